The first kappa shape index (κ1) is 20.1. The van der Waals surface area contributed by atoms with Crippen LogP contribution in [0.4, 0.5) is 4.79 Å². The number of hydrogen-bond acceptors (Lipinski definition) is 5. The van der Waals surface area contributed by atoms with E-state index in [1.54, 1.807) is 11.3 Å². The number of thiophene rings is 1. The average Bonchev–Trinajstić information content (AvgIpc) is 3.21. The van der Waals surface area contributed by atoms with Crippen LogP contribution in [0.15, 0.2) is 71.9 Å². The van der Waals surface area contributed by atoms with E-state index in [4.69, 9.17) is 4.74 Å². The Labute approximate surface area is 187 Å². The van der Waals surface area contributed by atoms with Gasteiger partial charge in [0, 0.05) is 54.9 Å². The Kier molecular flexibility index (Phi) is 5.66. The summed E-state index contributed by atoms with van der Waals surface area (Å²) in [6.45, 7) is 4.43. The summed E-state index contributed by atoms with van der Waals surface area (Å²) in [6, 6.07) is 20.9. The minimum Gasteiger partial charge on any atom is -0.444 e. The summed E-state index contributed by atoms with van der Waals surface area (Å²) < 4.78 is 6.90. The van der Waals surface area contributed by atoms with Crippen molar-refractivity contribution in [1.29, 1.82) is 0 Å². The van der Waals surface area contributed by atoms with Crippen molar-refractivity contribution in [3.05, 3.63) is 82.4 Å². The lowest BCUT2D eigenvalue weighted by molar-refractivity contribution is 0.0879. The monoisotopic (exact) mass is 433 g/mol. The van der Waals surface area contributed by atoms with Crippen molar-refractivity contribution in [2.75, 3.05) is 33.4 Å². The quantitative estimate of drug-likeness (QED) is 0.586. The molecule has 160 valence electrons. The van der Waals surface area contributed by atoms with Crippen LogP contribution >= 0.6 is 11.3 Å². The number of nitrogens with zero attached hydrogens (tertiary/aromatic N) is 3. The molecule has 0 atom stereocenters. The summed E-state index contributed by atoms with van der Waals surface area (Å²) in [4.78, 5) is 20.5. The van der Waals surface area contributed by atoms with E-state index in [1.807, 2.05) is 17.0 Å². The molecule has 0 spiro atoms. The standard InChI is InChI=1S/C25H27N3O2S/c1-26-18-27(14-19-7-3-2-4-8-19)15-21-16-28(12-11-23(21)26)25(29)30-17-22-13-20-9-5-6-10-24(20)31-22/h2-10,13H,11-12,14-18H2,1H3. The van der Waals surface area contributed by atoms with Crippen molar-refractivity contribution in [1.82, 2.24) is 14.7 Å². The van der Waals surface area contributed by atoms with E-state index in [1.165, 1.54) is 26.9 Å². The van der Waals surface area contributed by atoms with Crippen molar-refractivity contribution < 1.29 is 9.53 Å². The molecule has 3 aromatic rings. The highest BCUT2D eigenvalue weighted by atomic mass is 32.1. The number of carbonyl (C=O) groups excluding carboxylic acids is 1. The first-order valence-electron chi connectivity index (χ1n) is 10.7. The minimum atomic E-state index is -0.216. The molecule has 0 saturated carbocycles. The van der Waals surface area contributed by atoms with Gasteiger partial charge in [0.25, 0.3) is 0 Å². The van der Waals surface area contributed by atoms with Crippen LogP contribution in [0.5, 0.6) is 0 Å². The zero-order chi connectivity index (χ0) is 21.2. The molecule has 5 rings (SSSR count). The molecule has 0 radical (unpaired) electrons. The molecule has 0 bridgehead atoms. The number of rotatable bonds is 4. The maximum absolute atomic E-state index is 12.8. The van der Waals surface area contributed by atoms with E-state index < -0.39 is 0 Å². The predicted octanol–water partition coefficient (Wildman–Crippen LogP) is 4.90. The molecule has 0 aliphatic carbocycles. The summed E-state index contributed by atoms with van der Waals surface area (Å²) in [7, 11) is 2.15. The molecule has 2 aliphatic rings. The smallest absolute Gasteiger partial charge is 0.410 e. The highest BCUT2D eigenvalue weighted by molar-refractivity contribution is 7.19. The van der Waals surface area contributed by atoms with Gasteiger partial charge in [-0.2, -0.15) is 0 Å². The lowest BCUT2D eigenvalue weighted by Crippen LogP contribution is -2.48. The summed E-state index contributed by atoms with van der Waals surface area (Å²) in [5.41, 5.74) is 4.03. The van der Waals surface area contributed by atoms with E-state index >= 15 is 0 Å². The first-order chi connectivity index (χ1) is 15.2. The maximum Gasteiger partial charge on any atom is 0.410 e. The molecule has 3 heterocycles. The first-order valence-corrected chi connectivity index (χ1v) is 11.5. The zero-order valence-corrected chi connectivity index (χ0v) is 18.6. The summed E-state index contributed by atoms with van der Waals surface area (Å²) in [5, 5.41) is 1.20. The molecule has 6 heteroatoms. The number of amides is 1. The third-order valence-corrected chi connectivity index (χ3v) is 7.11. The topological polar surface area (TPSA) is 36.0 Å². The van der Waals surface area contributed by atoms with Gasteiger partial charge in [0.2, 0.25) is 0 Å². The number of fused-ring (bicyclic) bond motifs is 1. The molecule has 1 aromatic heterocycles. The largest absolute Gasteiger partial charge is 0.444 e. The van der Waals surface area contributed by atoms with Crippen molar-refractivity contribution in [2.45, 2.75) is 19.6 Å². The van der Waals surface area contributed by atoms with Gasteiger partial charge in [0.05, 0.1) is 6.67 Å². The fraction of sp³-hybridized carbons (Fsp3) is 0.320. The van der Waals surface area contributed by atoms with Gasteiger partial charge in [-0.1, -0.05) is 48.5 Å². The Morgan fingerprint density at radius 2 is 1.87 bits per heavy atom. The number of ether oxygens (including phenoxy) is 1. The normalized spacial score (nSPS) is 17.2. The second-order valence-corrected chi connectivity index (χ2v) is 9.51. The molecule has 1 amide bonds. The van der Waals surface area contributed by atoms with Gasteiger partial charge in [-0.3, -0.25) is 4.90 Å². The second-order valence-electron chi connectivity index (χ2n) is 8.34. The van der Waals surface area contributed by atoms with Crippen molar-refractivity contribution >= 4 is 27.5 Å². The van der Waals surface area contributed by atoms with E-state index in [-0.39, 0.29) is 6.09 Å². The van der Waals surface area contributed by atoms with Crippen LogP contribution in [-0.4, -0.2) is 54.1 Å². The van der Waals surface area contributed by atoms with E-state index in [2.05, 4.69) is 65.4 Å². The Hall–Kier alpha value is -2.83. The van der Waals surface area contributed by atoms with Gasteiger partial charge < -0.3 is 14.5 Å². The van der Waals surface area contributed by atoms with Crippen LogP contribution in [0.3, 0.4) is 0 Å². The molecule has 0 N–H and O–H groups in total. The maximum atomic E-state index is 12.8. The second kappa shape index (κ2) is 8.73. The Morgan fingerprint density at radius 3 is 2.71 bits per heavy atom. The van der Waals surface area contributed by atoms with E-state index in [0.29, 0.717) is 19.7 Å². The third kappa shape index (κ3) is 4.45. The van der Waals surface area contributed by atoms with Crippen molar-refractivity contribution in [3.8, 4) is 0 Å². The van der Waals surface area contributed by atoms with Crippen LogP contribution in [0.25, 0.3) is 10.1 Å². The number of hydrogen-bond donors (Lipinski definition) is 0. The molecular weight excluding hydrogens is 406 g/mol. The highest BCUT2D eigenvalue weighted by Crippen LogP contribution is 2.28. The molecule has 31 heavy (non-hydrogen) atoms. The Bertz CT molecular complexity index is 1080. The van der Waals surface area contributed by atoms with Crippen LogP contribution in [-0.2, 0) is 17.9 Å². The van der Waals surface area contributed by atoms with Gasteiger partial charge in [0.15, 0.2) is 0 Å². The Morgan fingerprint density at radius 1 is 1.06 bits per heavy atom. The van der Waals surface area contributed by atoms with Crippen LogP contribution < -0.4 is 0 Å². The molecule has 0 unspecified atom stereocenters. The summed E-state index contributed by atoms with van der Waals surface area (Å²) >= 11 is 1.69. The van der Waals surface area contributed by atoms with Gasteiger partial charge in [-0.25, -0.2) is 4.79 Å². The minimum absolute atomic E-state index is 0.216. The van der Waals surface area contributed by atoms with Crippen LogP contribution in [0.1, 0.15) is 16.9 Å². The summed E-state index contributed by atoms with van der Waals surface area (Å²) in [6.07, 6.45) is 0.676. The fourth-order valence-corrected chi connectivity index (χ4v) is 5.54. The molecule has 0 fully saturated rings. The SMILES string of the molecule is CN1CN(Cc2ccccc2)CC2=C1CCN(C(=O)OCc1cc3ccccc3s1)C2. The third-order valence-electron chi connectivity index (χ3n) is 6.02. The van der Waals surface area contributed by atoms with Gasteiger partial charge in [0.1, 0.15) is 6.61 Å². The van der Waals surface area contributed by atoms with E-state index in [9.17, 15) is 4.79 Å². The predicted molar refractivity (Wildman–Crippen MR) is 125 cm³/mol. The lowest BCUT2D eigenvalue weighted by atomic mass is 10.0. The zero-order valence-electron chi connectivity index (χ0n) is 17.8. The average molecular weight is 434 g/mol. The van der Waals surface area contributed by atoms with E-state index in [0.717, 1.165) is 31.1 Å². The van der Waals surface area contributed by atoms with Crippen LogP contribution in [0, 0.1) is 0 Å². The number of benzene rings is 2. The molecule has 0 saturated heterocycles. The lowest BCUT2D eigenvalue weighted by Gasteiger charge is -2.42. The van der Waals surface area contributed by atoms with Gasteiger partial charge >= 0.3 is 6.09 Å². The highest BCUT2D eigenvalue weighted by Gasteiger charge is 2.30. The molecule has 2 aliphatic heterocycles. The molecule has 5 nitrogen and oxygen atoms in total. The Balaban J connectivity index is 1.20. The molecule has 2 aromatic carbocycles. The number of carbonyl (C=O) groups is 1. The molecular formula is C25H27N3O2S. The van der Waals surface area contributed by atoms with Crippen LogP contribution in [0.2, 0.25) is 0 Å². The van der Waals surface area contributed by atoms with Gasteiger partial charge in [-0.05, 0) is 28.7 Å². The van der Waals surface area contributed by atoms with Crippen molar-refractivity contribution in [3.63, 3.8) is 0 Å². The van der Waals surface area contributed by atoms with Crippen molar-refractivity contribution in [2.24, 2.45) is 0 Å². The summed E-state index contributed by atoms with van der Waals surface area (Å²) in [5.74, 6) is 0. The fourth-order valence-electron chi connectivity index (χ4n) is 4.56. The van der Waals surface area contributed by atoms with Gasteiger partial charge in [-0.15, -0.1) is 11.3 Å².